The first kappa shape index (κ1) is 12.8. The Balaban J connectivity index is 2.59. The molecule has 1 rings (SSSR count). The van der Waals surface area contributed by atoms with Crippen LogP contribution in [0, 0.1) is 0 Å². The minimum atomic E-state index is -0.432. The van der Waals surface area contributed by atoms with Crippen molar-refractivity contribution in [3.05, 3.63) is 0 Å². The molecule has 0 aliphatic carbocycles. The zero-order valence-corrected chi connectivity index (χ0v) is 10.8. The number of ether oxygens (including phenoxy) is 4. The van der Waals surface area contributed by atoms with Gasteiger partial charge in [0.05, 0.1) is 12.2 Å². The zero-order chi connectivity index (χ0) is 10.6. The van der Waals surface area contributed by atoms with Gasteiger partial charge in [-0.05, 0) is 12.3 Å². The summed E-state index contributed by atoms with van der Waals surface area (Å²) in [7, 11) is 8.47. The molecule has 6 atom stereocenters. The highest BCUT2D eigenvalue weighted by atomic mass is 31.0. The first-order valence-corrected chi connectivity index (χ1v) is 6.16. The highest BCUT2D eigenvalue weighted by molar-refractivity contribution is 7.17. The van der Waals surface area contributed by atoms with Crippen molar-refractivity contribution in [3.63, 3.8) is 0 Å². The fourth-order valence-electron chi connectivity index (χ4n) is 1.40. The Morgan fingerprint density at radius 2 is 1.29 bits per heavy atom. The average Bonchev–Trinajstić information content (AvgIpc) is 2.26. The summed E-state index contributed by atoms with van der Waals surface area (Å²) in [6.45, 7) is 0. The van der Waals surface area contributed by atoms with E-state index in [0.717, 1.165) is 12.3 Å². The maximum atomic E-state index is 5.69. The number of hydrogen-bond acceptors (Lipinski definition) is 4. The Labute approximate surface area is 89.4 Å². The second kappa shape index (κ2) is 6.32. The van der Waals surface area contributed by atoms with Crippen LogP contribution >= 0.6 is 18.5 Å². The quantitative estimate of drug-likeness (QED) is 0.669. The summed E-state index contributed by atoms with van der Waals surface area (Å²) in [4.78, 5) is 0. The van der Waals surface area contributed by atoms with E-state index in [-0.39, 0.29) is 12.2 Å². The minimum Gasteiger partial charge on any atom is -0.351 e. The highest BCUT2D eigenvalue weighted by Crippen LogP contribution is 2.24. The summed E-state index contributed by atoms with van der Waals surface area (Å²) in [6.07, 6.45) is 0.893. The first-order chi connectivity index (χ1) is 6.76. The fourth-order valence-corrected chi connectivity index (χ4v) is 2.23. The first-order valence-electron chi connectivity index (χ1n) is 4.53. The minimum absolute atomic E-state index is 0.0499. The van der Waals surface area contributed by atoms with Gasteiger partial charge in [0, 0.05) is 14.2 Å². The van der Waals surface area contributed by atoms with E-state index in [1.807, 2.05) is 0 Å². The number of methoxy groups -OCH3 is 2. The van der Waals surface area contributed by atoms with E-state index < -0.39 is 12.6 Å². The third kappa shape index (κ3) is 2.85. The second-order valence-corrected chi connectivity index (χ2v) is 3.97. The second-order valence-electron chi connectivity index (χ2n) is 3.03. The van der Waals surface area contributed by atoms with Gasteiger partial charge in [0.1, 0.15) is 0 Å². The molecule has 0 bridgehead atoms. The van der Waals surface area contributed by atoms with Crippen LogP contribution in [0.3, 0.4) is 0 Å². The molecular formula is C8H18O4P2. The third-order valence-corrected chi connectivity index (χ3v) is 3.11. The maximum absolute atomic E-state index is 5.69. The molecule has 3 unspecified atom stereocenters. The molecule has 0 aromatic carbocycles. The van der Waals surface area contributed by atoms with Gasteiger partial charge < -0.3 is 18.9 Å². The van der Waals surface area contributed by atoms with E-state index in [4.69, 9.17) is 18.9 Å². The predicted octanol–water partition coefficient (Wildman–Crippen LogP) is 0.466. The van der Waals surface area contributed by atoms with E-state index in [0.29, 0.717) is 0 Å². The van der Waals surface area contributed by atoms with Gasteiger partial charge in [-0.2, -0.15) is 0 Å². The van der Waals surface area contributed by atoms with Crippen LogP contribution in [0.1, 0.15) is 0 Å². The summed E-state index contributed by atoms with van der Waals surface area (Å²) in [5, 5.41) is 0. The smallest absolute Gasteiger partial charge is 0.209 e. The molecule has 0 saturated carbocycles. The standard InChI is InChI=1S/C8H18O4P2/c1-9-7-8(10-2)12-6(4-14)5(3-13)11-7/h5-8H,3-4,13-14H2,1-2H3/t5-,6-,7+,8?/m0/s1. The molecule has 1 fully saturated rings. The van der Waals surface area contributed by atoms with Crippen LogP contribution in [0.25, 0.3) is 0 Å². The molecule has 0 amide bonds. The van der Waals surface area contributed by atoms with Crippen molar-refractivity contribution in [3.8, 4) is 0 Å². The molecule has 0 radical (unpaired) electrons. The molecular weight excluding hydrogens is 222 g/mol. The molecule has 14 heavy (non-hydrogen) atoms. The van der Waals surface area contributed by atoms with Crippen molar-refractivity contribution in [1.82, 2.24) is 0 Å². The SMILES string of the molecule is COC1O[C@@H](CP)[C@H](CP)O[C@H]1OC. The Bertz CT molecular complexity index is 135. The Morgan fingerprint density at radius 1 is 0.929 bits per heavy atom. The van der Waals surface area contributed by atoms with E-state index >= 15 is 0 Å². The molecule has 1 saturated heterocycles. The molecule has 0 aromatic heterocycles. The van der Waals surface area contributed by atoms with Gasteiger partial charge in [0.15, 0.2) is 0 Å². The summed E-state index contributed by atoms with van der Waals surface area (Å²) in [6, 6.07) is 0. The van der Waals surface area contributed by atoms with Gasteiger partial charge in [-0.1, -0.05) is 0 Å². The van der Waals surface area contributed by atoms with Crippen LogP contribution in [0.15, 0.2) is 0 Å². The van der Waals surface area contributed by atoms with Crippen molar-refractivity contribution in [2.45, 2.75) is 24.8 Å². The Morgan fingerprint density at radius 3 is 1.50 bits per heavy atom. The van der Waals surface area contributed by atoms with Gasteiger partial charge >= 0.3 is 0 Å². The van der Waals surface area contributed by atoms with Crippen LogP contribution < -0.4 is 0 Å². The molecule has 4 nitrogen and oxygen atoms in total. The summed E-state index contributed by atoms with van der Waals surface area (Å²) < 4.78 is 21.6. The molecule has 84 valence electrons. The zero-order valence-electron chi connectivity index (χ0n) is 8.51. The van der Waals surface area contributed by atoms with Gasteiger partial charge in [-0.15, -0.1) is 18.5 Å². The van der Waals surface area contributed by atoms with Crippen molar-refractivity contribution < 1.29 is 18.9 Å². The van der Waals surface area contributed by atoms with Crippen molar-refractivity contribution in [2.24, 2.45) is 0 Å². The lowest BCUT2D eigenvalue weighted by Crippen LogP contribution is -2.52. The Hall–Kier alpha value is 0.700. The van der Waals surface area contributed by atoms with Crippen molar-refractivity contribution >= 4 is 18.5 Å². The lowest BCUT2D eigenvalue weighted by molar-refractivity contribution is -0.343. The average molecular weight is 240 g/mol. The molecule has 1 aliphatic heterocycles. The molecule has 0 N–H and O–H groups in total. The highest BCUT2D eigenvalue weighted by Gasteiger charge is 2.37. The summed E-state index contributed by atoms with van der Waals surface area (Å²) in [5.74, 6) is 0. The normalized spacial score (nSPS) is 38.6. The van der Waals surface area contributed by atoms with Gasteiger partial charge in [-0.3, -0.25) is 0 Å². The lowest BCUT2D eigenvalue weighted by atomic mass is 10.2. The van der Waals surface area contributed by atoms with E-state index in [9.17, 15) is 0 Å². The van der Waals surface area contributed by atoms with Crippen molar-refractivity contribution in [2.75, 3.05) is 26.5 Å². The monoisotopic (exact) mass is 240 g/mol. The maximum Gasteiger partial charge on any atom is 0.209 e. The molecule has 1 heterocycles. The molecule has 0 aromatic rings. The van der Waals surface area contributed by atoms with Gasteiger partial charge in [-0.25, -0.2) is 0 Å². The molecule has 6 heteroatoms. The van der Waals surface area contributed by atoms with Gasteiger partial charge in [0.25, 0.3) is 0 Å². The van der Waals surface area contributed by atoms with Crippen LogP contribution in [-0.2, 0) is 18.9 Å². The van der Waals surface area contributed by atoms with Crippen LogP contribution in [0.5, 0.6) is 0 Å². The van der Waals surface area contributed by atoms with E-state index in [2.05, 4.69) is 18.5 Å². The summed E-state index contributed by atoms with van der Waals surface area (Å²) in [5.41, 5.74) is 0. The summed E-state index contributed by atoms with van der Waals surface area (Å²) >= 11 is 0. The predicted molar refractivity (Wildman–Crippen MR) is 60.5 cm³/mol. The number of hydrogen-bond donors (Lipinski definition) is 0. The van der Waals surface area contributed by atoms with E-state index in [1.165, 1.54) is 0 Å². The fraction of sp³-hybridized carbons (Fsp3) is 1.00. The van der Waals surface area contributed by atoms with Crippen LogP contribution in [-0.4, -0.2) is 51.3 Å². The Kier molecular flexibility index (Phi) is 5.76. The topological polar surface area (TPSA) is 36.9 Å². The molecule has 1 aliphatic rings. The molecule has 0 spiro atoms. The largest absolute Gasteiger partial charge is 0.351 e. The van der Waals surface area contributed by atoms with Crippen molar-refractivity contribution in [1.29, 1.82) is 0 Å². The third-order valence-electron chi connectivity index (χ3n) is 2.18. The number of rotatable bonds is 4. The van der Waals surface area contributed by atoms with Gasteiger partial charge in [0.2, 0.25) is 12.6 Å². The van der Waals surface area contributed by atoms with Crippen LogP contribution in [0.4, 0.5) is 0 Å². The van der Waals surface area contributed by atoms with Crippen LogP contribution in [0.2, 0.25) is 0 Å². The lowest BCUT2D eigenvalue weighted by Gasteiger charge is -2.39. The van der Waals surface area contributed by atoms with E-state index in [1.54, 1.807) is 14.2 Å².